The van der Waals surface area contributed by atoms with E-state index in [0.29, 0.717) is 33.6 Å². The lowest BCUT2D eigenvalue weighted by Crippen LogP contribution is -2.34. The van der Waals surface area contributed by atoms with Crippen LogP contribution in [0.15, 0.2) is 64.1 Å². The molecule has 0 saturated heterocycles. The van der Waals surface area contributed by atoms with Gasteiger partial charge < -0.3 is 4.89 Å². The van der Waals surface area contributed by atoms with Gasteiger partial charge in [-0.15, -0.1) is 18.2 Å². The van der Waals surface area contributed by atoms with Gasteiger partial charge in [-0.1, -0.05) is 77.6 Å². The maximum absolute atomic E-state index is 13.1. The standard InChI is InChI=1S/C22H23ClN3O4PS.C3H6.3C2H6/c1-13(23)8-10-26-21(29)17-6-4-5-7-18(17)24-22(26)32-16(12-31-30)9-11-25-19(27)14(2)15(3)20(25)28;1-3-2;3*1-2/h4-8,10,12-13,16,30H,9,11H2,1-3H3;3H,1H2,2H3;3*1-2H3/b10-8+;;;;. The number of thioether (sulfide) groups is 1. The minimum Gasteiger partial charge on any atom is -0.342 e. The predicted molar refractivity (Wildman–Crippen MR) is 181 cm³/mol. The van der Waals surface area contributed by atoms with E-state index < -0.39 is 0 Å². The van der Waals surface area contributed by atoms with Crippen LogP contribution in [0.4, 0.5) is 0 Å². The molecule has 2 aromatic rings. The molecule has 1 aliphatic heterocycles. The first kappa shape index (κ1) is 40.6. The van der Waals surface area contributed by atoms with Crippen molar-refractivity contribution < 1.29 is 14.5 Å². The summed E-state index contributed by atoms with van der Waals surface area (Å²) in [5.41, 5.74) is 1.24. The number of hydrogen-bond donors (Lipinski definition) is 1. The summed E-state index contributed by atoms with van der Waals surface area (Å²) in [6.45, 7) is 22.5. The molecule has 0 bridgehead atoms. The molecule has 2 unspecified atom stereocenters. The highest BCUT2D eigenvalue weighted by atomic mass is 35.5. The average Bonchev–Trinajstić information content (AvgIpc) is 3.17. The van der Waals surface area contributed by atoms with E-state index in [1.807, 2.05) is 54.5 Å². The number of carbonyl (C=O) groups excluding carboxylic acids is 2. The van der Waals surface area contributed by atoms with Gasteiger partial charge in [0.05, 0.1) is 16.3 Å². The van der Waals surface area contributed by atoms with Crippen LogP contribution in [-0.2, 0) is 9.59 Å². The predicted octanol–water partition coefficient (Wildman–Crippen LogP) is 7.98. The number of halogens is 1. The second-order valence-electron chi connectivity index (χ2n) is 7.74. The van der Waals surface area contributed by atoms with E-state index in [4.69, 9.17) is 11.6 Å². The molecule has 1 aromatic heterocycles. The summed E-state index contributed by atoms with van der Waals surface area (Å²) in [6, 6.07) is 7.06. The van der Waals surface area contributed by atoms with Gasteiger partial charge in [-0.3, -0.25) is 23.9 Å². The van der Waals surface area contributed by atoms with Gasteiger partial charge in [0.1, 0.15) is 0 Å². The molecule has 3 rings (SSSR count). The normalized spacial score (nSPS) is 13.9. The molecular formula is C31H47ClN3O4PS. The van der Waals surface area contributed by atoms with Crippen molar-refractivity contribution in [2.24, 2.45) is 0 Å². The number of fused-ring (bicyclic) bond motifs is 1. The number of benzene rings is 1. The van der Waals surface area contributed by atoms with Gasteiger partial charge in [0.2, 0.25) is 0 Å². The molecule has 1 aromatic carbocycles. The SMILES string of the molecule is C=CC.CC.CC.CC.CC1=C(C)C(=O)N(CCC(C=PO)Sc2nc3ccccc3c(=O)n2/C=C/C(C)Cl)C1=O. The highest BCUT2D eigenvalue weighted by Gasteiger charge is 2.33. The lowest BCUT2D eigenvalue weighted by molar-refractivity contribution is -0.137. The number of alkyl halides is 1. The second kappa shape index (κ2) is 23.1. The van der Waals surface area contributed by atoms with E-state index in [0.717, 1.165) is 0 Å². The molecule has 0 saturated carbocycles. The third-order valence-electron chi connectivity index (χ3n) is 5.10. The Morgan fingerprint density at radius 2 is 1.56 bits per heavy atom. The van der Waals surface area contributed by atoms with Crippen LogP contribution < -0.4 is 5.56 Å². The van der Waals surface area contributed by atoms with Crippen LogP contribution in [0, 0.1) is 0 Å². The van der Waals surface area contributed by atoms with Crippen molar-refractivity contribution in [3.63, 3.8) is 0 Å². The van der Waals surface area contributed by atoms with E-state index in [2.05, 4.69) is 11.6 Å². The minimum absolute atomic E-state index is 0.0542. The molecule has 0 spiro atoms. The molecule has 1 N–H and O–H groups in total. The van der Waals surface area contributed by atoms with Gasteiger partial charge in [-0.05, 0) is 52.0 Å². The van der Waals surface area contributed by atoms with E-state index in [1.165, 1.54) is 21.2 Å². The number of rotatable bonds is 8. The summed E-state index contributed by atoms with van der Waals surface area (Å²) in [5, 5.41) is 0.326. The quantitative estimate of drug-likeness (QED) is 0.0800. The fourth-order valence-electron chi connectivity index (χ4n) is 3.20. The fourth-order valence-corrected chi connectivity index (χ4v) is 4.87. The summed E-state index contributed by atoms with van der Waals surface area (Å²) < 4.78 is 1.43. The summed E-state index contributed by atoms with van der Waals surface area (Å²) in [5.74, 6) is 1.05. The Hall–Kier alpha value is -2.51. The molecular weight excluding hydrogens is 577 g/mol. The Labute approximate surface area is 257 Å². The number of aromatic nitrogens is 2. The van der Waals surface area contributed by atoms with Crippen LogP contribution in [0.2, 0.25) is 0 Å². The van der Waals surface area contributed by atoms with Crippen LogP contribution in [0.25, 0.3) is 17.1 Å². The van der Waals surface area contributed by atoms with Crippen molar-refractivity contribution in [3.05, 3.63) is 64.5 Å². The average molecular weight is 624 g/mol. The topological polar surface area (TPSA) is 92.5 Å². The first-order valence-electron chi connectivity index (χ1n) is 13.9. The zero-order valence-corrected chi connectivity index (χ0v) is 28.6. The molecule has 2 atom stereocenters. The third-order valence-corrected chi connectivity index (χ3v) is 7.11. The monoisotopic (exact) mass is 623 g/mol. The Morgan fingerprint density at radius 3 is 2.05 bits per heavy atom. The first-order valence-corrected chi connectivity index (χ1v) is 16.2. The van der Waals surface area contributed by atoms with Crippen molar-refractivity contribution in [2.75, 3.05) is 6.54 Å². The Bertz CT molecular complexity index is 1230. The van der Waals surface area contributed by atoms with Gasteiger partial charge >= 0.3 is 0 Å². The van der Waals surface area contributed by atoms with Crippen molar-refractivity contribution in [1.82, 2.24) is 14.5 Å². The number of hydrogen-bond acceptors (Lipinski definition) is 6. The van der Waals surface area contributed by atoms with E-state index >= 15 is 0 Å². The molecule has 1 aliphatic rings. The molecule has 228 valence electrons. The van der Waals surface area contributed by atoms with E-state index in [-0.39, 0.29) is 43.0 Å². The number of amides is 2. The molecule has 0 fully saturated rings. The van der Waals surface area contributed by atoms with Crippen LogP contribution in [0.5, 0.6) is 0 Å². The van der Waals surface area contributed by atoms with Gasteiger partial charge in [-0.25, -0.2) is 4.98 Å². The van der Waals surface area contributed by atoms with E-state index in [9.17, 15) is 19.3 Å². The van der Waals surface area contributed by atoms with E-state index in [1.54, 1.807) is 63.1 Å². The second-order valence-corrected chi connectivity index (χ2v) is 10.2. The lowest BCUT2D eigenvalue weighted by Gasteiger charge is -2.19. The largest absolute Gasteiger partial charge is 0.342 e. The molecule has 0 aliphatic carbocycles. The van der Waals surface area contributed by atoms with Crippen molar-refractivity contribution in [2.45, 2.75) is 91.4 Å². The van der Waals surface area contributed by atoms with Gasteiger partial charge in [0.15, 0.2) is 5.16 Å². The maximum atomic E-state index is 13.1. The fraction of sp³-hybridized carbons (Fsp3) is 0.452. The number of carbonyl (C=O) groups is 2. The molecule has 2 amide bonds. The lowest BCUT2D eigenvalue weighted by atomic mass is 10.2. The highest BCUT2D eigenvalue weighted by Crippen LogP contribution is 2.27. The number of para-hydroxylation sites is 1. The van der Waals surface area contributed by atoms with Crippen molar-refractivity contribution in [3.8, 4) is 0 Å². The summed E-state index contributed by atoms with van der Waals surface area (Å²) in [4.78, 5) is 53.1. The third kappa shape index (κ3) is 12.5. The van der Waals surface area contributed by atoms with Crippen molar-refractivity contribution in [1.29, 1.82) is 0 Å². The molecule has 41 heavy (non-hydrogen) atoms. The molecule has 2 heterocycles. The maximum Gasteiger partial charge on any atom is 0.266 e. The minimum atomic E-state index is -0.301. The number of nitrogens with zero attached hydrogens (tertiary/aromatic N) is 3. The van der Waals surface area contributed by atoms with Crippen LogP contribution in [0.3, 0.4) is 0 Å². The first-order chi connectivity index (χ1) is 19.7. The smallest absolute Gasteiger partial charge is 0.266 e. The highest BCUT2D eigenvalue weighted by molar-refractivity contribution is 8.00. The molecule has 10 heteroatoms. The Kier molecular flexibility index (Phi) is 22.9. The summed E-state index contributed by atoms with van der Waals surface area (Å²) in [6.07, 6.45) is 5.43. The van der Waals surface area contributed by atoms with Crippen LogP contribution in [-0.4, -0.2) is 54.1 Å². The van der Waals surface area contributed by atoms with Gasteiger partial charge in [-0.2, -0.15) is 0 Å². The number of imide groups is 1. The van der Waals surface area contributed by atoms with Crippen molar-refractivity contribution >= 4 is 66.5 Å². The van der Waals surface area contributed by atoms with Gasteiger partial charge in [0.25, 0.3) is 17.4 Å². The van der Waals surface area contributed by atoms with Crippen LogP contribution >= 0.6 is 31.8 Å². The molecule has 7 nitrogen and oxygen atoms in total. The summed E-state index contributed by atoms with van der Waals surface area (Å²) in [7, 11) is 0.0542. The Balaban J connectivity index is 0. The number of allylic oxidation sites excluding steroid dienone is 2. The summed E-state index contributed by atoms with van der Waals surface area (Å²) >= 11 is 7.32. The Morgan fingerprint density at radius 1 is 1.05 bits per heavy atom. The van der Waals surface area contributed by atoms with Crippen LogP contribution in [0.1, 0.15) is 75.7 Å². The van der Waals surface area contributed by atoms with Gasteiger partial charge in [0, 0.05) is 37.6 Å². The zero-order chi connectivity index (χ0) is 32.1. The zero-order valence-electron chi connectivity index (χ0n) is 26.1. The molecule has 0 radical (unpaired) electrons.